The van der Waals surface area contributed by atoms with Crippen molar-refractivity contribution in [3.05, 3.63) is 158 Å². The van der Waals surface area contributed by atoms with E-state index in [2.05, 4.69) is 161 Å². The average molecular weight is 627 g/mol. The number of nitrogens with zero attached hydrogens (tertiary/aromatic N) is 4. The first-order valence-electron chi connectivity index (χ1n) is 16.5. The zero-order valence-electron chi connectivity index (χ0n) is 26.2. The highest BCUT2D eigenvalue weighted by Gasteiger charge is 2.19. The van der Waals surface area contributed by atoms with Crippen molar-refractivity contribution in [2.45, 2.75) is 0 Å². The number of para-hydroxylation sites is 4. The fourth-order valence-electron chi connectivity index (χ4n) is 7.79. The summed E-state index contributed by atoms with van der Waals surface area (Å²) < 4.78 is 10.9. The fraction of sp³-hybridized carbons (Fsp3) is 0. The van der Waals surface area contributed by atoms with E-state index in [0.717, 1.165) is 44.3 Å². The van der Waals surface area contributed by atoms with Crippen LogP contribution in [0.1, 0.15) is 0 Å². The Kier molecular flexibility index (Phi) is 5.32. The Morgan fingerprint density at radius 2 is 0.980 bits per heavy atom. The Balaban J connectivity index is 1.18. The van der Waals surface area contributed by atoms with Crippen LogP contribution in [0.4, 0.5) is 0 Å². The minimum absolute atomic E-state index is 0.620. The van der Waals surface area contributed by atoms with Crippen molar-refractivity contribution in [3.63, 3.8) is 0 Å². The maximum absolute atomic E-state index is 6.34. The molecule has 7 aromatic carbocycles. The van der Waals surface area contributed by atoms with Crippen molar-refractivity contribution in [2.75, 3.05) is 0 Å². The maximum Gasteiger partial charge on any atom is 0.235 e. The SMILES string of the molecule is c1ccc2cc(-n3c4ccccc4c4ccccc43)c(-c3ccc4oc5cnc(-n6c7ccccc7c7ccccc76)nc5c4c3)cc2c1. The van der Waals surface area contributed by atoms with Crippen LogP contribution in [0.15, 0.2) is 162 Å². The van der Waals surface area contributed by atoms with E-state index >= 15 is 0 Å². The van der Waals surface area contributed by atoms with Crippen LogP contribution in [-0.4, -0.2) is 19.1 Å². The lowest BCUT2D eigenvalue weighted by Crippen LogP contribution is -2.00. The summed E-state index contributed by atoms with van der Waals surface area (Å²) in [6, 6.07) is 53.9. The summed E-state index contributed by atoms with van der Waals surface area (Å²) in [7, 11) is 0. The number of furan rings is 1. The number of rotatable bonds is 3. The lowest BCUT2D eigenvalue weighted by Gasteiger charge is -2.16. The molecule has 4 aromatic heterocycles. The minimum Gasteiger partial charge on any atom is -0.453 e. The Labute approximate surface area is 279 Å². The maximum atomic E-state index is 6.34. The van der Waals surface area contributed by atoms with Crippen LogP contribution in [0.3, 0.4) is 0 Å². The van der Waals surface area contributed by atoms with Gasteiger partial charge in [-0.2, -0.15) is 0 Å². The Morgan fingerprint density at radius 3 is 1.59 bits per heavy atom. The predicted octanol–water partition coefficient (Wildman–Crippen LogP) is 11.4. The normalized spacial score (nSPS) is 12.1. The van der Waals surface area contributed by atoms with Crippen molar-refractivity contribution >= 4 is 76.5 Å². The number of hydrogen-bond donors (Lipinski definition) is 0. The predicted molar refractivity (Wildman–Crippen MR) is 201 cm³/mol. The van der Waals surface area contributed by atoms with Crippen molar-refractivity contribution < 1.29 is 4.42 Å². The van der Waals surface area contributed by atoms with Crippen LogP contribution in [0.5, 0.6) is 0 Å². The van der Waals surface area contributed by atoms with Gasteiger partial charge in [0.1, 0.15) is 11.1 Å². The van der Waals surface area contributed by atoms with Gasteiger partial charge in [0.2, 0.25) is 5.95 Å². The second-order valence-electron chi connectivity index (χ2n) is 12.7. The van der Waals surface area contributed by atoms with Gasteiger partial charge in [0.15, 0.2) is 5.58 Å². The molecule has 0 aliphatic heterocycles. The molecular weight excluding hydrogens is 601 g/mol. The highest BCUT2D eigenvalue weighted by Crippen LogP contribution is 2.40. The topological polar surface area (TPSA) is 48.8 Å². The first-order valence-corrected chi connectivity index (χ1v) is 16.5. The van der Waals surface area contributed by atoms with Gasteiger partial charge in [-0.15, -0.1) is 0 Å². The van der Waals surface area contributed by atoms with Crippen LogP contribution in [-0.2, 0) is 0 Å². The van der Waals surface area contributed by atoms with E-state index in [4.69, 9.17) is 14.4 Å². The van der Waals surface area contributed by atoms with Crippen molar-refractivity contribution in [1.29, 1.82) is 0 Å². The lowest BCUT2D eigenvalue weighted by atomic mass is 9.97. The summed E-state index contributed by atoms with van der Waals surface area (Å²) in [6.07, 6.45) is 1.81. The lowest BCUT2D eigenvalue weighted by molar-refractivity contribution is 0.665. The molecule has 0 saturated heterocycles. The number of hydrogen-bond acceptors (Lipinski definition) is 3. The van der Waals surface area contributed by atoms with Gasteiger partial charge in [-0.05, 0) is 64.9 Å². The third kappa shape index (κ3) is 3.75. The van der Waals surface area contributed by atoms with Gasteiger partial charge in [0, 0.05) is 32.5 Å². The van der Waals surface area contributed by atoms with Crippen molar-refractivity contribution in [3.8, 4) is 22.8 Å². The van der Waals surface area contributed by atoms with Gasteiger partial charge >= 0.3 is 0 Å². The summed E-state index contributed by atoms with van der Waals surface area (Å²) in [6.45, 7) is 0. The van der Waals surface area contributed by atoms with Crippen molar-refractivity contribution in [2.24, 2.45) is 0 Å². The molecule has 0 amide bonds. The van der Waals surface area contributed by atoms with Gasteiger partial charge < -0.3 is 8.98 Å². The van der Waals surface area contributed by atoms with Gasteiger partial charge in [0.05, 0.1) is 34.0 Å². The second kappa shape index (κ2) is 9.89. The molecule has 0 bridgehead atoms. The fourth-order valence-corrected chi connectivity index (χ4v) is 7.79. The Morgan fingerprint density at radius 1 is 0.449 bits per heavy atom. The molecule has 5 heteroatoms. The standard InChI is InChI=1S/C44H26N4O/c1-2-12-28-25-40(47-36-17-7-3-13-30(36)31-14-4-8-18-37(31)47)34(23-27(28)11-1)29-21-22-41-35(24-29)43-42(49-41)26-45-44(46-43)48-38-19-9-5-15-32(38)33-16-6-10-20-39(33)48/h1-26H. The number of fused-ring (bicyclic) bond motifs is 10. The molecule has 0 fully saturated rings. The molecule has 0 radical (unpaired) electrons. The van der Waals surface area contributed by atoms with Crippen LogP contribution in [0, 0.1) is 0 Å². The van der Waals surface area contributed by atoms with E-state index < -0.39 is 0 Å². The average Bonchev–Trinajstić information content (AvgIpc) is 3.81. The first kappa shape index (κ1) is 26.4. The van der Waals surface area contributed by atoms with Crippen LogP contribution in [0.2, 0.25) is 0 Å². The summed E-state index contributed by atoms with van der Waals surface area (Å²) in [5.74, 6) is 0.620. The molecule has 4 heterocycles. The molecule has 0 atom stereocenters. The monoisotopic (exact) mass is 626 g/mol. The quantitative estimate of drug-likeness (QED) is 0.196. The second-order valence-corrected chi connectivity index (χ2v) is 12.7. The first-order chi connectivity index (χ1) is 24.3. The molecule has 228 valence electrons. The van der Waals surface area contributed by atoms with Gasteiger partial charge in [-0.1, -0.05) is 103 Å². The molecule has 49 heavy (non-hydrogen) atoms. The van der Waals surface area contributed by atoms with E-state index in [9.17, 15) is 0 Å². The van der Waals surface area contributed by atoms with E-state index in [1.807, 2.05) is 0 Å². The Bertz CT molecular complexity index is 3020. The van der Waals surface area contributed by atoms with E-state index in [-0.39, 0.29) is 0 Å². The molecule has 0 N–H and O–H groups in total. The zero-order chi connectivity index (χ0) is 32.1. The van der Waals surface area contributed by atoms with Gasteiger partial charge in [0.25, 0.3) is 0 Å². The molecular formula is C44H26N4O. The van der Waals surface area contributed by atoms with Crippen LogP contribution < -0.4 is 0 Å². The molecule has 0 aliphatic carbocycles. The molecule has 0 spiro atoms. The molecule has 5 nitrogen and oxygen atoms in total. The van der Waals surface area contributed by atoms with E-state index in [0.29, 0.717) is 11.5 Å². The molecule has 0 aliphatic rings. The van der Waals surface area contributed by atoms with Crippen LogP contribution >= 0.6 is 0 Å². The molecule has 11 rings (SSSR count). The van der Waals surface area contributed by atoms with E-state index in [1.165, 1.54) is 43.4 Å². The van der Waals surface area contributed by atoms with Gasteiger partial charge in [-0.3, -0.25) is 4.57 Å². The van der Waals surface area contributed by atoms with E-state index in [1.54, 1.807) is 6.20 Å². The van der Waals surface area contributed by atoms with Gasteiger partial charge in [-0.25, -0.2) is 9.97 Å². The summed E-state index contributed by atoms with van der Waals surface area (Å²) in [5, 5.41) is 8.17. The number of aromatic nitrogens is 4. The van der Waals surface area contributed by atoms with Crippen molar-refractivity contribution in [1.82, 2.24) is 19.1 Å². The third-order valence-corrected chi connectivity index (χ3v) is 9.97. The summed E-state index contributed by atoms with van der Waals surface area (Å²) in [5.41, 5.74) is 10.1. The zero-order valence-corrected chi connectivity index (χ0v) is 26.2. The summed E-state index contributed by atoms with van der Waals surface area (Å²) in [4.78, 5) is 10.0. The summed E-state index contributed by atoms with van der Waals surface area (Å²) >= 11 is 0. The molecule has 0 unspecified atom stereocenters. The third-order valence-electron chi connectivity index (χ3n) is 9.97. The van der Waals surface area contributed by atoms with Crippen LogP contribution in [0.25, 0.3) is 99.2 Å². The minimum atomic E-state index is 0.620. The molecule has 11 aromatic rings. The smallest absolute Gasteiger partial charge is 0.235 e. The largest absolute Gasteiger partial charge is 0.453 e. The highest BCUT2D eigenvalue weighted by molar-refractivity contribution is 6.12. The molecule has 0 saturated carbocycles. The highest BCUT2D eigenvalue weighted by atomic mass is 16.3. The Hall–Kier alpha value is -6.72. The number of benzene rings is 7.